The number of fused-ring (bicyclic) bond motifs is 2. The molecule has 0 spiro atoms. The van der Waals surface area contributed by atoms with Crippen molar-refractivity contribution >= 4 is 17.4 Å². The summed E-state index contributed by atoms with van der Waals surface area (Å²) >= 11 is 0. The highest BCUT2D eigenvalue weighted by Crippen LogP contribution is 2.38. The molecule has 2 aliphatic heterocycles. The Morgan fingerprint density at radius 2 is 1.83 bits per heavy atom. The summed E-state index contributed by atoms with van der Waals surface area (Å²) < 4.78 is 6.24. The lowest BCUT2D eigenvalue weighted by molar-refractivity contribution is -0.132. The van der Waals surface area contributed by atoms with E-state index in [0.717, 1.165) is 66.7 Å². The molecule has 5 heteroatoms. The summed E-state index contributed by atoms with van der Waals surface area (Å²) in [6, 6.07) is 14.2. The first-order valence-corrected chi connectivity index (χ1v) is 10.8. The molecule has 0 aromatic heterocycles. The van der Waals surface area contributed by atoms with Gasteiger partial charge in [-0.3, -0.25) is 4.79 Å². The average molecular weight is 406 g/mol. The number of amidine groups is 1. The lowest BCUT2D eigenvalue weighted by Crippen LogP contribution is -2.38. The number of amides is 1. The van der Waals surface area contributed by atoms with Crippen LogP contribution in [0.25, 0.3) is 0 Å². The average Bonchev–Trinajstić information content (AvgIpc) is 3.01. The van der Waals surface area contributed by atoms with Crippen molar-refractivity contribution in [3.8, 4) is 11.5 Å². The molecule has 4 rings (SSSR count). The van der Waals surface area contributed by atoms with Gasteiger partial charge in [-0.15, -0.1) is 0 Å². The van der Waals surface area contributed by atoms with Gasteiger partial charge in [0, 0.05) is 32.6 Å². The lowest BCUT2D eigenvalue weighted by Gasteiger charge is -2.27. The molecule has 1 amide bonds. The Labute approximate surface area is 179 Å². The monoisotopic (exact) mass is 405 g/mol. The number of hydrogen-bond acceptors (Lipinski definition) is 4. The molecule has 2 aliphatic rings. The molecule has 2 aromatic rings. The van der Waals surface area contributed by atoms with Gasteiger partial charge in [0.1, 0.15) is 17.3 Å². The lowest BCUT2D eigenvalue weighted by atomic mass is 9.91. The molecule has 158 valence electrons. The highest BCUT2D eigenvalue weighted by atomic mass is 16.5. The van der Waals surface area contributed by atoms with Crippen molar-refractivity contribution in [2.75, 3.05) is 26.2 Å². The van der Waals surface area contributed by atoms with Crippen LogP contribution in [-0.2, 0) is 4.79 Å². The highest BCUT2D eigenvalue weighted by molar-refractivity contribution is 6.03. The molecule has 1 saturated heterocycles. The summed E-state index contributed by atoms with van der Waals surface area (Å²) in [5, 5.41) is 0. The number of benzene rings is 2. The molecule has 0 atom stereocenters. The first-order chi connectivity index (χ1) is 14.3. The number of rotatable bonds is 1. The molecule has 1 fully saturated rings. The molecule has 0 saturated carbocycles. The SMILES string of the molecule is Cc1ccc2c(c1)Oc1ccccc1C(N1CCCN(C(=O)CC(C)(C)C)CC1)=N2. The molecule has 0 radical (unpaired) electrons. The topological polar surface area (TPSA) is 45.1 Å². The van der Waals surface area contributed by atoms with Gasteiger partial charge in [-0.1, -0.05) is 39.0 Å². The van der Waals surface area contributed by atoms with E-state index in [2.05, 4.69) is 44.7 Å². The first-order valence-electron chi connectivity index (χ1n) is 10.8. The van der Waals surface area contributed by atoms with Crippen LogP contribution in [0.15, 0.2) is 47.5 Å². The number of para-hydroxylation sites is 1. The van der Waals surface area contributed by atoms with E-state index in [-0.39, 0.29) is 11.3 Å². The number of aliphatic imine (C=N–C) groups is 1. The van der Waals surface area contributed by atoms with Gasteiger partial charge in [-0.2, -0.15) is 0 Å². The molecule has 2 aromatic carbocycles. The van der Waals surface area contributed by atoms with Gasteiger partial charge < -0.3 is 14.5 Å². The summed E-state index contributed by atoms with van der Waals surface area (Å²) in [5.41, 5.74) is 3.00. The van der Waals surface area contributed by atoms with Crippen LogP contribution in [-0.4, -0.2) is 47.7 Å². The zero-order valence-electron chi connectivity index (χ0n) is 18.4. The molecular formula is C25H31N3O2. The van der Waals surface area contributed by atoms with E-state index >= 15 is 0 Å². The number of aryl methyl sites for hydroxylation is 1. The normalized spacial score (nSPS) is 16.6. The van der Waals surface area contributed by atoms with E-state index in [1.54, 1.807) is 0 Å². The van der Waals surface area contributed by atoms with Crippen LogP contribution in [0.2, 0.25) is 0 Å². The van der Waals surface area contributed by atoms with E-state index < -0.39 is 0 Å². The van der Waals surface area contributed by atoms with Crippen LogP contribution in [0, 0.1) is 12.3 Å². The third kappa shape index (κ3) is 4.50. The quantitative estimate of drug-likeness (QED) is 0.659. The summed E-state index contributed by atoms with van der Waals surface area (Å²) in [6.45, 7) is 11.6. The van der Waals surface area contributed by atoms with Gasteiger partial charge in [-0.05, 0) is 48.6 Å². The van der Waals surface area contributed by atoms with Crippen molar-refractivity contribution in [1.29, 1.82) is 0 Å². The largest absolute Gasteiger partial charge is 0.454 e. The predicted molar refractivity (Wildman–Crippen MR) is 121 cm³/mol. The van der Waals surface area contributed by atoms with Crippen LogP contribution < -0.4 is 4.74 Å². The molecular weight excluding hydrogens is 374 g/mol. The Hall–Kier alpha value is -2.82. The number of carbonyl (C=O) groups excluding carboxylic acids is 1. The van der Waals surface area contributed by atoms with Gasteiger partial charge in [0.05, 0.1) is 5.56 Å². The van der Waals surface area contributed by atoms with E-state index in [0.29, 0.717) is 6.42 Å². The summed E-state index contributed by atoms with van der Waals surface area (Å²) in [7, 11) is 0. The van der Waals surface area contributed by atoms with E-state index in [1.165, 1.54) is 0 Å². The Morgan fingerprint density at radius 3 is 2.63 bits per heavy atom. The van der Waals surface area contributed by atoms with E-state index in [1.807, 2.05) is 35.2 Å². The maximum Gasteiger partial charge on any atom is 0.223 e. The fourth-order valence-corrected chi connectivity index (χ4v) is 4.01. The van der Waals surface area contributed by atoms with Gasteiger partial charge in [0.2, 0.25) is 5.91 Å². The van der Waals surface area contributed by atoms with Crippen molar-refractivity contribution in [2.24, 2.45) is 10.4 Å². The molecule has 5 nitrogen and oxygen atoms in total. The fourth-order valence-electron chi connectivity index (χ4n) is 4.01. The molecule has 0 N–H and O–H groups in total. The summed E-state index contributed by atoms with van der Waals surface area (Å²) in [5.74, 6) is 2.79. The molecule has 0 bridgehead atoms. The van der Waals surface area contributed by atoms with Gasteiger partial charge in [0.25, 0.3) is 0 Å². The van der Waals surface area contributed by atoms with Crippen LogP contribution >= 0.6 is 0 Å². The Kier molecular flexibility index (Phi) is 5.54. The summed E-state index contributed by atoms with van der Waals surface area (Å²) in [6.07, 6.45) is 1.51. The second-order valence-corrected chi connectivity index (χ2v) is 9.46. The molecule has 30 heavy (non-hydrogen) atoms. The Bertz CT molecular complexity index is 975. The van der Waals surface area contributed by atoms with E-state index in [9.17, 15) is 4.79 Å². The number of nitrogens with zero attached hydrogens (tertiary/aromatic N) is 3. The Morgan fingerprint density at radius 1 is 1.03 bits per heavy atom. The molecule has 0 unspecified atom stereocenters. The van der Waals surface area contributed by atoms with Gasteiger partial charge in [-0.25, -0.2) is 4.99 Å². The second kappa shape index (κ2) is 8.13. The van der Waals surface area contributed by atoms with Gasteiger partial charge in [0.15, 0.2) is 5.75 Å². The van der Waals surface area contributed by atoms with Crippen molar-refractivity contribution in [2.45, 2.75) is 40.5 Å². The van der Waals surface area contributed by atoms with Crippen LogP contribution in [0.1, 0.15) is 44.7 Å². The molecule has 2 heterocycles. The van der Waals surface area contributed by atoms with Gasteiger partial charge >= 0.3 is 0 Å². The van der Waals surface area contributed by atoms with E-state index in [4.69, 9.17) is 9.73 Å². The maximum absolute atomic E-state index is 12.8. The second-order valence-electron chi connectivity index (χ2n) is 9.46. The number of hydrogen-bond donors (Lipinski definition) is 0. The van der Waals surface area contributed by atoms with Crippen molar-refractivity contribution in [3.63, 3.8) is 0 Å². The van der Waals surface area contributed by atoms with Crippen LogP contribution in [0.5, 0.6) is 11.5 Å². The smallest absolute Gasteiger partial charge is 0.223 e. The first kappa shape index (κ1) is 20.5. The minimum absolute atomic E-state index is 0.00651. The number of ether oxygens (including phenoxy) is 1. The third-order valence-corrected chi connectivity index (χ3v) is 5.52. The van der Waals surface area contributed by atoms with Crippen molar-refractivity contribution in [1.82, 2.24) is 9.80 Å². The maximum atomic E-state index is 12.8. The Balaban J connectivity index is 1.62. The van der Waals surface area contributed by atoms with Crippen molar-refractivity contribution in [3.05, 3.63) is 53.6 Å². The minimum Gasteiger partial charge on any atom is -0.454 e. The van der Waals surface area contributed by atoms with Crippen molar-refractivity contribution < 1.29 is 9.53 Å². The molecule has 0 aliphatic carbocycles. The zero-order chi connectivity index (χ0) is 21.3. The fraction of sp³-hybridized carbons (Fsp3) is 0.440. The third-order valence-electron chi connectivity index (χ3n) is 5.52. The summed E-state index contributed by atoms with van der Waals surface area (Å²) in [4.78, 5) is 22.1. The zero-order valence-corrected chi connectivity index (χ0v) is 18.4. The predicted octanol–water partition coefficient (Wildman–Crippen LogP) is 5.15. The highest BCUT2D eigenvalue weighted by Gasteiger charge is 2.27. The van der Waals surface area contributed by atoms with Crippen LogP contribution in [0.3, 0.4) is 0 Å². The standard InChI is InChI=1S/C25H31N3O2/c1-18-10-11-20-22(16-18)30-21-9-6-5-8-19(21)24(26-20)28-13-7-12-27(14-15-28)23(29)17-25(2,3)4/h5-6,8-11,16H,7,12-15,17H2,1-4H3. The minimum atomic E-state index is 0.00651. The number of carbonyl (C=O) groups is 1. The van der Waals surface area contributed by atoms with Crippen LogP contribution in [0.4, 0.5) is 5.69 Å².